The molecular formula is C91H109F7N12O13. The van der Waals surface area contributed by atoms with E-state index in [1.807, 2.05) is 28.8 Å². The summed E-state index contributed by atoms with van der Waals surface area (Å²) in [5, 5.41) is 2.68. The molecule has 4 spiro atoms. The number of hydrogen-bond acceptors (Lipinski definition) is 15. The summed E-state index contributed by atoms with van der Waals surface area (Å²) in [7, 11) is 1.59. The Balaban J connectivity index is 0.000000143. The SMILES string of the molecule is C.CC(C)(C)OC(=O)N1CC2(C1)C(=O)N(Cc1nc3c(n1CCCC(F)(F)F)CCCC3)c1cc(F)ccc12.CC(C)(C)OC(=O)N1CC2(C1)C(=O)Nc1cc(F)ccc12.CCCCn1c(CN2C(=O)C3(CN(C(=O)OCC)C3)c3ccc(F)cc32)nc2c1CCCC2.COc1ccc(CN2C(=O)C3(CN(C(=O)OC(C)(C)C)C3)c3ccc(F)cc32)cc1. The van der Waals surface area contributed by atoms with Gasteiger partial charge in [-0.15, -0.1) is 0 Å². The molecule has 2 aromatic heterocycles. The number of nitrogens with zero attached hydrogens (tertiary/aromatic N) is 11. The highest BCUT2D eigenvalue weighted by atomic mass is 19.4. The highest BCUT2D eigenvalue weighted by Gasteiger charge is 2.64. The molecule has 4 saturated heterocycles. The lowest BCUT2D eigenvalue weighted by atomic mass is 9.75. The first-order valence-corrected chi connectivity index (χ1v) is 41.8. The van der Waals surface area contributed by atoms with Crippen LogP contribution < -0.4 is 24.8 Å². The van der Waals surface area contributed by atoms with Crippen molar-refractivity contribution in [1.29, 1.82) is 0 Å². The van der Waals surface area contributed by atoms with E-state index in [1.54, 1.807) is 115 Å². The number of aryl methyl sites for hydroxylation is 2. The number of benzene rings is 5. The maximum Gasteiger partial charge on any atom is 0.410 e. The van der Waals surface area contributed by atoms with E-state index in [0.717, 1.165) is 122 Å². The second-order valence-corrected chi connectivity index (χ2v) is 36.2. The number of imidazole rings is 2. The minimum Gasteiger partial charge on any atom is -0.497 e. The van der Waals surface area contributed by atoms with Crippen LogP contribution >= 0.6 is 0 Å². The quantitative estimate of drug-likeness (QED) is 0.0785. The number of unbranched alkanes of at least 4 members (excludes halogenated alkanes) is 1. The monoisotopic (exact) mass is 1710 g/mol. The molecule has 7 aromatic rings. The average molecular weight is 1710 g/mol. The summed E-state index contributed by atoms with van der Waals surface area (Å²) < 4.78 is 125. The summed E-state index contributed by atoms with van der Waals surface area (Å²) in [6, 6.07) is 24.8. The Hall–Kier alpha value is -11.2. The number of nitrogens with one attached hydrogen (secondary N) is 1. The number of anilines is 4. The first-order valence-electron chi connectivity index (χ1n) is 41.8. The third kappa shape index (κ3) is 17.8. The standard InChI is InChI=1S/C27H32F4N4O3.C25H31FN4O3.C23H25FN2O4.C15H17FN2O3.CH4/c1-25(2,3)38-24(37)33-15-26(16-33)18-10-9-17(28)13-21(18)35(23(26)36)14-22-32-19-7-4-5-8-20(19)34(22)12-6-11-27(29,30)31;1-3-5-12-29-20-9-7-6-8-19(20)27-22(29)14-30-21-13-17(26)10-11-18(21)25(23(30)31)15-28(16-25)24(32)33-4-2;1-22(2,3)30-21(28)25-13-23(14-25)18-10-7-16(24)11-19(18)26(20(23)27)12-15-5-8-17(29-4)9-6-15;1-14(2,3)21-13(20)18-7-15(8-18)10-5-4-9(16)6-11(10)17-12(15)19;/h9-10,13H,4-8,11-12,14-16H2,1-3H3;10-11,13H,3-9,12,14-16H2,1-2H3;5-11H,12-14H2,1-4H3;4-6H,7-8H2,1-3H3,(H,17,19);1H4. The molecule has 25 nitrogen and oxygen atoms in total. The van der Waals surface area contributed by atoms with Crippen LogP contribution in [0.25, 0.3) is 0 Å². The number of halogens is 7. The minimum atomic E-state index is -4.25. The van der Waals surface area contributed by atoms with Gasteiger partial charge in [-0.25, -0.2) is 46.7 Å². The van der Waals surface area contributed by atoms with Gasteiger partial charge in [-0.3, -0.25) is 19.2 Å². The number of alkyl halides is 3. The molecule has 0 radical (unpaired) electrons. The van der Waals surface area contributed by atoms with Crippen molar-refractivity contribution in [3.05, 3.63) is 183 Å². The lowest BCUT2D eigenvalue weighted by molar-refractivity contribution is -0.136. The average Bonchev–Trinajstić information content (AvgIpc) is 1.56. The minimum absolute atomic E-state index is 0. The molecule has 10 aliphatic rings. The van der Waals surface area contributed by atoms with Crippen molar-refractivity contribution in [3.63, 3.8) is 0 Å². The Morgan fingerprint density at radius 1 is 0.455 bits per heavy atom. The molecule has 4 fully saturated rings. The van der Waals surface area contributed by atoms with Gasteiger partial charge in [0.2, 0.25) is 23.6 Å². The fourth-order valence-corrected chi connectivity index (χ4v) is 18.1. The summed E-state index contributed by atoms with van der Waals surface area (Å²) in [6.45, 7) is 23.6. The number of methoxy groups -OCH3 is 1. The molecule has 0 unspecified atom stereocenters. The van der Waals surface area contributed by atoms with Crippen molar-refractivity contribution < 1.29 is 92.8 Å². The van der Waals surface area contributed by atoms with Crippen molar-refractivity contribution >= 4 is 70.8 Å². The molecule has 8 amide bonds. The number of ether oxygens (including phenoxy) is 5. The van der Waals surface area contributed by atoms with Gasteiger partial charge in [0.05, 0.1) is 61.8 Å². The topological polar surface area (TPSA) is 253 Å². The second kappa shape index (κ2) is 34.1. The van der Waals surface area contributed by atoms with Crippen molar-refractivity contribution in [1.82, 2.24) is 38.7 Å². The van der Waals surface area contributed by atoms with Crippen LogP contribution in [-0.4, -0.2) is 176 Å². The van der Waals surface area contributed by atoms with Crippen LogP contribution in [0, 0.1) is 23.3 Å². The van der Waals surface area contributed by atoms with Gasteiger partial charge in [-0.2, -0.15) is 13.2 Å². The Kier molecular flexibility index (Phi) is 24.9. The fraction of sp³-hybridized carbons (Fsp3) is 0.516. The molecule has 10 heterocycles. The number of carbonyl (C=O) groups is 8. The van der Waals surface area contributed by atoms with Crippen LogP contribution in [0.2, 0.25) is 0 Å². The molecule has 0 atom stereocenters. The summed E-state index contributed by atoms with van der Waals surface area (Å²) >= 11 is 0. The van der Waals surface area contributed by atoms with E-state index in [2.05, 4.69) is 16.8 Å². The van der Waals surface area contributed by atoms with E-state index in [4.69, 9.17) is 33.7 Å². The van der Waals surface area contributed by atoms with E-state index < -0.39 is 92.9 Å². The molecule has 2 aliphatic carbocycles. The zero-order valence-electron chi connectivity index (χ0n) is 71.0. The Morgan fingerprint density at radius 3 is 1.19 bits per heavy atom. The normalized spacial score (nSPS) is 18.0. The first-order chi connectivity index (χ1) is 57.6. The Morgan fingerprint density at radius 2 is 0.813 bits per heavy atom. The lowest BCUT2D eigenvalue weighted by Gasteiger charge is -2.46. The number of rotatable bonds is 14. The second-order valence-electron chi connectivity index (χ2n) is 36.2. The molecule has 0 saturated carbocycles. The molecule has 5 aromatic carbocycles. The lowest BCUT2D eigenvalue weighted by Crippen LogP contribution is -2.65. The van der Waals surface area contributed by atoms with Gasteiger partial charge < -0.3 is 72.4 Å². The number of hydrogen-bond donors (Lipinski definition) is 1. The number of fused-ring (bicyclic) bond motifs is 10. The van der Waals surface area contributed by atoms with Crippen molar-refractivity contribution in [3.8, 4) is 5.75 Å². The van der Waals surface area contributed by atoms with Crippen molar-refractivity contribution in [2.75, 3.05) is 86.1 Å². The van der Waals surface area contributed by atoms with Crippen LogP contribution in [0.3, 0.4) is 0 Å². The van der Waals surface area contributed by atoms with Gasteiger partial charge in [0, 0.05) is 88.9 Å². The first kappa shape index (κ1) is 89.5. The Labute approximate surface area is 711 Å². The van der Waals surface area contributed by atoms with Crippen LogP contribution in [-0.2, 0) is 118 Å². The van der Waals surface area contributed by atoms with Crippen molar-refractivity contribution in [2.24, 2.45) is 0 Å². The predicted molar refractivity (Wildman–Crippen MR) is 444 cm³/mol. The largest absolute Gasteiger partial charge is 0.497 e. The van der Waals surface area contributed by atoms with Gasteiger partial charge in [0.15, 0.2) is 0 Å². The number of likely N-dealkylation sites (tertiary alicyclic amines) is 4. The zero-order valence-corrected chi connectivity index (χ0v) is 71.0. The summed E-state index contributed by atoms with van der Waals surface area (Å²) in [6.07, 6.45) is 2.70. The molecule has 660 valence electrons. The van der Waals surface area contributed by atoms with E-state index in [-0.39, 0.29) is 115 Å². The third-order valence-corrected chi connectivity index (χ3v) is 23.9. The third-order valence-electron chi connectivity index (χ3n) is 23.9. The molecule has 0 bridgehead atoms. The maximum atomic E-state index is 14.4. The van der Waals surface area contributed by atoms with E-state index in [0.29, 0.717) is 47.2 Å². The maximum absolute atomic E-state index is 14.4. The van der Waals surface area contributed by atoms with Crippen LogP contribution in [0.1, 0.15) is 197 Å². The van der Waals surface area contributed by atoms with Gasteiger partial charge in [-0.1, -0.05) is 57.2 Å². The molecule has 123 heavy (non-hydrogen) atoms. The van der Waals surface area contributed by atoms with E-state index in [9.17, 15) is 69.1 Å². The zero-order chi connectivity index (χ0) is 87.7. The van der Waals surface area contributed by atoms with Crippen LogP contribution in [0.4, 0.5) is 72.7 Å². The van der Waals surface area contributed by atoms with Crippen molar-refractivity contribution in [2.45, 2.75) is 238 Å². The molecular weight excluding hydrogens is 1600 g/mol. The van der Waals surface area contributed by atoms with Gasteiger partial charge in [-0.05, 0) is 222 Å². The number of amides is 8. The van der Waals surface area contributed by atoms with E-state index >= 15 is 0 Å². The molecule has 32 heteroatoms. The Bertz CT molecular complexity index is 5240. The molecule has 17 rings (SSSR count). The highest BCUT2D eigenvalue weighted by Crippen LogP contribution is 2.53. The van der Waals surface area contributed by atoms with Gasteiger partial charge >= 0.3 is 30.5 Å². The predicted octanol–water partition coefficient (Wildman–Crippen LogP) is 16.0. The molecule has 1 N–H and O–H groups in total. The van der Waals surface area contributed by atoms with Crippen LogP contribution in [0.15, 0.2) is 97.1 Å². The van der Waals surface area contributed by atoms with E-state index in [1.165, 1.54) is 73.8 Å². The smallest absolute Gasteiger partial charge is 0.410 e. The number of aromatic nitrogens is 4. The summed E-state index contributed by atoms with van der Waals surface area (Å²) in [4.78, 5) is 123. The van der Waals surface area contributed by atoms with Gasteiger partial charge in [0.1, 0.15) is 79.1 Å². The fourth-order valence-electron chi connectivity index (χ4n) is 18.1. The van der Waals surface area contributed by atoms with Crippen LogP contribution in [0.5, 0.6) is 5.75 Å². The van der Waals surface area contributed by atoms with Gasteiger partial charge in [0.25, 0.3) is 0 Å². The highest BCUT2D eigenvalue weighted by molar-refractivity contribution is 6.12. The summed E-state index contributed by atoms with van der Waals surface area (Å²) in [5.41, 5.74) is 4.73. The summed E-state index contributed by atoms with van der Waals surface area (Å²) in [5.74, 6) is -0.263. The molecule has 8 aliphatic heterocycles. The number of carbonyl (C=O) groups excluding carboxylic acids is 8.